The van der Waals surface area contributed by atoms with Crippen LogP contribution in [0.15, 0.2) is 12.1 Å². The Kier molecular flexibility index (Phi) is 6.35. The fraction of sp³-hybridized carbons (Fsp3) is 0.600. The van der Waals surface area contributed by atoms with E-state index in [1.165, 1.54) is 0 Å². The molecule has 0 saturated carbocycles. The summed E-state index contributed by atoms with van der Waals surface area (Å²) in [5.41, 5.74) is 1.83. The molecule has 1 unspecified atom stereocenters. The maximum atomic E-state index is 12.1. The molecule has 0 heterocycles. The van der Waals surface area contributed by atoms with Crippen LogP contribution in [0.3, 0.4) is 0 Å². The largest absolute Gasteiger partial charge is 0.489 e. The van der Waals surface area contributed by atoms with Crippen LogP contribution in [0.4, 0.5) is 13.2 Å². The monoisotopic (exact) mass is 323 g/mol. The fourth-order valence-corrected chi connectivity index (χ4v) is 2.07. The van der Waals surface area contributed by atoms with E-state index in [0.717, 1.165) is 11.1 Å². The zero-order valence-corrected chi connectivity index (χ0v) is 13.4. The molecule has 0 spiro atoms. The molecule has 0 aliphatic rings. The molecule has 2 nitrogen and oxygen atoms in total. The second-order valence-electron chi connectivity index (χ2n) is 5.47. The van der Waals surface area contributed by atoms with Crippen LogP contribution in [0.5, 0.6) is 5.75 Å². The van der Waals surface area contributed by atoms with Crippen molar-refractivity contribution in [3.63, 3.8) is 0 Å². The average molecular weight is 324 g/mol. The van der Waals surface area contributed by atoms with Crippen LogP contribution in [0.25, 0.3) is 0 Å². The molecule has 120 valence electrons. The van der Waals surface area contributed by atoms with Crippen LogP contribution < -0.4 is 10.1 Å². The van der Waals surface area contributed by atoms with Crippen molar-refractivity contribution >= 4 is 11.6 Å². The van der Waals surface area contributed by atoms with Gasteiger partial charge in [-0.15, -0.1) is 0 Å². The number of ether oxygens (including phenoxy) is 1. The Labute approximate surface area is 128 Å². The molecular weight excluding hydrogens is 303 g/mol. The van der Waals surface area contributed by atoms with Gasteiger partial charge in [0, 0.05) is 11.6 Å². The van der Waals surface area contributed by atoms with Gasteiger partial charge in [-0.3, -0.25) is 0 Å². The molecule has 0 radical (unpaired) electrons. The van der Waals surface area contributed by atoms with Gasteiger partial charge in [0.25, 0.3) is 0 Å². The molecule has 0 amide bonds. The normalized spacial score (nSPS) is 13.6. The van der Waals surface area contributed by atoms with Gasteiger partial charge in [-0.2, -0.15) is 13.2 Å². The Morgan fingerprint density at radius 2 is 1.86 bits per heavy atom. The molecular formula is C15H21ClF3NO. The maximum Gasteiger partial charge on any atom is 0.401 e. The number of nitrogens with one attached hydrogen (secondary N) is 1. The van der Waals surface area contributed by atoms with E-state index in [0.29, 0.717) is 10.8 Å². The van der Waals surface area contributed by atoms with Crippen molar-refractivity contribution in [2.45, 2.75) is 45.9 Å². The van der Waals surface area contributed by atoms with Gasteiger partial charge in [-0.1, -0.05) is 25.4 Å². The molecule has 0 aromatic heterocycles. The van der Waals surface area contributed by atoms with Crippen molar-refractivity contribution in [1.82, 2.24) is 5.32 Å². The van der Waals surface area contributed by atoms with Crippen molar-refractivity contribution in [3.8, 4) is 5.75 Å². The van der Waals surface area contributed by atoms with E-state index in [2.05, 4.69) is 5.32 Å². The Bertz CT molecular complexity index is 475. The highest BCUT2D eigenvalue weighted by Gasteiger charge is 2.26. The quantitative estimate of drug-likeness (QED) is 0.820. The van der Waals surface area contributed by atoms with Gasteiger partial charge >= 0.3 is 6.18 Å². The van der Waals surface area contributed by atoms with Crippen LogP contribution in [0, 0.1) is 6.92 Å². The smallest absolute Gasteiger partial charge is 0.401 e. The Morgan fingerprint density at radius 1 is 1.24 bits per heavy atom. The van der Waals surface area contributed by atoms with E-state index in [4.69, 9.17) is 16.3 Å². The maximum absolute atomic E-state index is 12.1. The first-order valence-corrected chi connectivity index (χ1v) is 7.22. The molecule has 0 aliphatic carbocycles. The lowest BCUT2D eigenvalue weighted by molar-refractivity contribution is -0.125. The lowest BCUT2D eigenvalue weighted by atomic mass is 10.0. The standard InChI is InChI=1S/C15H21ClF3NO/c1-9(2)12-6-13(16)10(3)5-14(12)21-11(4)7-20-8-15(17,18)19/h5-6,9,11,20H,7-8H2,1-4H3. The first kappa shape index (κ1) is 18.1. The van der Waals surface area contributed by atoms with E-state index in [1.807, 2.05) is 32.9 Å². The van der Waals surface area contributed by atoms with Crippen molar-refractivity contribution < 1.29 is 17.9 Å². The fourth-order valence-electron chi connectivity index (χ4n) is 1.90. The van der Waals surface area contributed by atoms with Gasteiger partial charge in [0.05, 0.1) is 6.54 Å². The van der Waals surface area contributed by atoms with Crippen LogP contribution in [0.1, 0.15) is 37.8 Å². The molecule has 0 saturated heterocycles. The second-order valence-corrected chi connectivity index (χ2v) is 5.88. The number of hydrogen-bond acceptors (Lipinski definition) is 2. The summed E-state index contributed by atoms with van der Waals surface area (Å²) in [6.45, 7) is 6.74. The Hall–Kier alpha value is -0.940. The molecule has 1 N–H and O–H groups in total. The SMILES string of the molecule is Cc1cc(OC(C)CNCC(F)(F)F)c(C(C)C)cc1Cl. The number of hydrogen-bond donors (Lipinski definition) is 1. The minimum atomic E-state index is -4.21. The van der Waals surface area contributed by atoms with Crippen LogP contribution in [0.2, 0.25) is 5.02 Å². The van der Waals surface area contributed by atoms with E-state index >= 15 is 0 Å². The predicted molar refractivity (Wildman–Crippen MR) is 79.3 cm³/mol. The van der Waals surface area contributed by atoms with Gasteiger partial charge in [0.1, 0.15) is 11.9 Å². The highest BCUT2D eigenvalue weighted by molar-refractivity contribution is 6.31. The zero-order valence-electron chi connectivity index (χ0n) is 12.6. The minimum Gasteiger partial charge on any atom is -0.489 e. The molecule has 1 atom stereocenters. The van der Waals surface area contributed by atoms with Crippen molar-refractivity contribution in [2.24, 2.45) is 0 Å². The minimum absolute atomic E-state index is 0.124. The summed E-state index contributed by atoms with van der Waals surface area (Å²) in [6, 6.07) is 3.69. The first-order chi connectivity index (χ1) is 9.60. The molecule has 0 aliphatic heterocycles. The van der Waals surface area contributed by atoms with E-state index in [9.17, 15) is 13.2 Å². The lowest BCUT2D eigenvalue weighted by Gasteiger charge is -2.21. The third-order valence-electron chi connectivity index (χ3n) is 3.00. The zero-order chi connectivity index (χ0) is 16.2. The summed E-state index contributed by atoms with van der Waals surface area (Å²) in [7, 11) is 0. The third-order valence-corrected chi connectivity index (χ3v) is 3.41. The number of alkyl halides is 3. The Balaban J connectivity index is 2.71. The van der Waals surface area contributed by atoms with Crippen LogP contribution in [-0.2, 0) is 0 Å². The molecule has 1 rings (SSSR count). The first-order valence-electron chi connectivity index (χ1n) is 6.84. The topological polar surface area (TPSA) is 21.3 Å². The second kappa shape index (κ2) is 7.36. The molecule has 6 heteroatoms. The van der Waals surface area contributed by atoms with E-state index < -0.39 is 12.7 Å². The van der Waals surface area contributed by atoms with Gasteiger partial charge in [0.15, 0.2) is 0 Å². The highest BCUT2D eigenvalue weighted by atomic mass is 35.5. The van der Waals surface area contributed by atoms with Crippen molar-refractivity contribution in [2.75, 3.05) is 13.1 Å². The van der Waals surface area contributed by atoms with E-state index in [1.54, 1.807) is 6.92 Å². The molecule has 0 bridgehead atoms. The number of benzene rings is 1. The number of rotatable bonds is 6. The molecule has 1 aromatic carbocycles. The summed E-state index contributed by atoms with van der Waals surface area (Å²) in [5, 5.41) is 3.00. The van der Waals surface area contributed by atoms with E-state index in [-0.39, 0.29) is 18.6 Å². The Morgan fingerprint density at radius 3 is 2.38 bits per heavy atom. The highest BCUT2D eigenvalue weighted by Crippen LogP contribution is 2.32. The van der Waals surface area contributed by atoms with Gasteiger partial charge in [-0.05, 0) is 43.0 Å². The number of aryl methyl sites for hydroxylation is 1. The summed E-state index contributed by atoms with van der Waals surface area (Å²) in [5.74, 6) is 0.890. The third kappa shape index (κ3) is 6.14. The molecule has 0 fully saturated rings. The predicted octanol–water partition coefficient (Wildman–Crippen LogP) is 4.69. The van der Waals surface area contributed by atoms with Crippen molar-refractivity contribution in [1.29, 1.82) is 0 Å². The van der Waals surface area contributed by atoms with Crippen LogP contribution in [-0.4, -0.2) is 25.4 Å². The van der Waals surface area contributed by atoms with Gasteiger partial charge in [0.2, 0.25) is 0 Å². The summed E-state index contributed by atoms with van der Waals surface area (Å²) in [6.07, 6.45) is -4.58. The lowest BCUT2D eigenvalue weighted by Crippen LogP contribution is -2.35. The van der Waals surface area contributed by atoms with Gasteiger partial charge < -0.3 is 10.1 Å². The summed E-state index contributed by atoms with van der Waals surface area (Å²) < 4.78 is 42.0. The van der Waals surface area contributed by atoms with Crippen LogP contribution >= 0.6 is 11.6 Å². The molecule has 21 heavy (non-hydrogen) atoms. The average Bonchev–Trinajstić information content (AvgIpc) is 2.31. The molecule has 1 aromatic rings. The van der Waals surface area contributed by atoms with Crippen molar-refractivity contribution in [3.05, 3.63) is 28.3 Å². The number of halogens is 4. The summed E-state index contributed by atoms with van der Waals surface area (Å²) >= 11 is 6.11. The summed E-state index contributed by atoms with van der Waals surface area (Å²) in [4.78, 5) is 0. The van der Waals surface area contributed by atoms with Gasteiger partial charge in [-0.25, -0.2) is 0 Å².